The number of piperidine rings is 1. The van der Waals surface area contributed by atoms with E-state index in [1.807, 2.05) is 18.2 Å². The molecule has 0 amide bonds. The molecule has 1 saturated heterocycles. The predicted octanol–water partition coefficient (Wildman–Crippen LogP) is 2.18. The zero-order valence-electron chi connectivity index (χ0n) is 11.3. The number of aliphatic hydroxyl groups is 1. The van der Waals surface area contributed by atoms with Crippen LogP contribution in [0.4, 0.5) is 0 Å². The van der Waals surface area contributed by atoms with Crippen LogP contribution in [0.15, 0.2) is 18.2 Å². The molecule has 1 aromatic rings. The van der Waals surface area contributed by atoms with Crippen molar-refractivity contribution in [1.29, 1.82) is 0 Å². The fourth-order valence-electron chi connectivity index (χ4n) is 2.92. The van der Waals surface area contributed by atoms with E-state index in [2.05, 4.69) is 11.8 Å². The van der Waals surface area contributed by atoms with Crippen molar-refractivity contribution in [1.82, 2.24) is 4.90 Å². The third kappa shape index (κ3) is 2.85. The van der Waals surface area contributed by atoms with Crippen LogP contribution < -0.4 is 9.47 Å². The molecule has 0 bridgehead atoms. The van der Waals surface area contributed by atoms with Crippen molar-refractivity contribution in [2.75, 3.05) is 26.4 Å². The molecule has 0 aliphatic carbocycles. The van der Waals surface area contributed by atoms with Gasteiger partial charge in [-0.15, -0.1) is 0 Å². The summed E-state index contributed by atoms with van der Waals surface area (Å²) in [7, 11) is 0. The van der Waals surface area contributed by atoms with Gasteiger partial charge in [-0.25, -0.2) is 0 Å². The largest absolute Gasteiger partial charge is 0.454 e. The van der Waals surface area contributed by atoms with Crippen molar-refractivity contribution >= 4 is 0 Å². The summed E-state index contributed by atoms with van der Waals surface area (Å²) in [6.07, 6.45) is 2.07. The SMILES string of the molecule is C[C@H]1CCCN(C[C@H](O)c2ccc3c(c2)OCO3)C1. The van der Waals surface area contributed by atoms with Gasteiger partial charge in [-0.05, 0) is 43.0 Å². The van der Waals surface area contributed by atoms with Crippen LogP contribution in [-0.4, -0.2) is 36.4 Å². The standard InChI is InChI=1S/C15H21NO3/c1-11-3-2-6-16(8-11)9-13(17)12-4-5-14-15(7-12)19-10-18-14/h4-5,7,11,13,17H,2-3,6,8-10H2,1H3/t11-,13-/m0/s1. The number of benzene rings is 1. The summed E-state index contributed by atoms with van der Waals surface area (Å²) in [5.74, 6) is 2.24. The molecular formula is C15H21NO3. The Bertz CT molecular complexity index is 449. The van der Waals surface area contributed by atoms with Crippen LogP contribution in [0.3, 0.4) is 0 Å². The first-order chi connectivity index (χ1) is 9.22. The first-order valence-corrected chi connectivity index (χ1v) is 7.02. The van der Waals surface area contributed by atoms with Crippen molar-refractivity contribution in [3.05, 3.63) is 23.8 Å². The highest BCUT2D eigenvalue weighted by molar-refractivity contribution is 5.45. The van der Waals surface area contributed by atoms with E-state index in [0.717, 1.165) is 36.1 Å². The summed E-state index contributed by atoms with van der Waals surface area (Å²) in [4.78, 5) is 2.35. The van der Waals surface area contributed by atoms with Crippen LogP contribution in [0.2, 0.25) is 0 Å². The highest BCUT2D eigenvalue weighted by Gasteiger charge is 2.21. The van der Waals surface area contributed by atoms with E-state index < -0.39 is 6.10 Å². The molecule has 1 aromatic carbocycles. The van der Waals surface area contributed by atoms with Crippen LogP contribution in [-0.2, 0) is 0 Å². The predicted molar refractivity (Wildman–Crippen MR) is 72.4 cm³/mol. The summed E-state index contributed by atoms with van der Waals surface area (Å²) < 4.78 is 10.6. The van der Waals surface area contributed by atoms with Gasteiger partial charge >= 0.3 is 0 Å². The Kier molecular flexibility index (Phi) is 3.62. The molecule has 2 heterocycles. The zero-order valence-corrected chi connectivity index (χ0v) is 11.3. The molecule has 0 radical (unpaired) electrons. The van der Waals surface area contributed by atoms with Gasteiger partial charge < -0.3 is 19.5 Å². The molecule has 4 heteroatoms. The van der Waals surface area contributed by atoms with Gasteiger partial charge in [0.05, 0.1) is 6.10 Å². The molecule has 0 aromatic heterocycles. The third-order valence-electron chi connectivity index (χ3n) is 3.95. The number of nitrogens with zero attached hydrogens (tertiary/aromatic N) is 1. The topological polar surface area (TPSA) is 41.9 Å². The van der Waals surface area contributed by atoms with Crippen LogP contribution in [0, 0.1) is 5.92 Å². The second-order valence-corrected chi connectivity index (χ2v) is 5.64. The van der Waals surface area contributed by atoms with Crippen LogP contribution in [0.5, 0.6) is 11.5 Å². The molecule has 0 unspecified atom stereocenters. The number of likely N-dealkylation sites (tertiary alicyclic amines) is 1. The summed E-state index contributed by atoms with van der Waals surface area (Å²) >= 11 is 0. The molecule has 1 fully saturated rings. The Labute approximate surface area is 113 Å². The highest BCUT2D eigenvalue weighted by atomic mass is 16.7. The minimum Gasteiger partial charge on any atom is -0.454 e. The fraction of sp³-hybridized carbons (Fsp3) is 0.600. The van der Waals surface area contributed by atoms with Gasteiger partial charge in [0.15, 0.2) is 11.5 Å². The van der Waals surface area contributed by atoms with Gasteiger partial charge in [-0.2, -0.15) is 0 Å². The van der Waals surface area contributed by atoms with Crippen molar-refractivity contribution in [2.45, 2.75) is 25.9 Å². The molecule has 19 heavy (non-hydrogen) atoms. The molecule has 3 rings (SSSR count). The lowest BCUT2D eigenvalue weighted by atomic mass is 9.99. The average molecular weight is 263 g/mol. The van der Waals surface area contributed by atoms with Gasteiger partial charge in [0.1, 0.15) is 0 Å². The van der Waals surface area contributed by atoms with Crippen LogP contribution in [0.25, 0.3) is 0 Å². The highest BCUT2D eigenvalue weighted by Crippen LogP contribution is 2.34. The van der Waals surface area contributed by atoms with E-state index in [1.165, 1.54) is 12.8 Å². The number of rotatable bonds is 3. The lowest BCUT2D eigenvalue weighted by Crippen LogP contribution is -2.37. The van der Waals surface area contributed by atoms with E-state index in [0.29, 0.717) is 6.54 Å². The van der Waals surface area contributed by atoms with Crippen LogP contribution >= 0.6 is 0 Å². The molecule has 2 aliphatic rings. The molecule has 0 spiro atoms. The van der Waals surface area contributed by atoms with Crippen LogP contribution in [0.1, 0.15) is 31.4 Å². The quantitative estimate of drug-likeness (QED) is 0.907. The van der Waals surface area contributed by atoms with Crippen molar-refractivity contribution in [3.63, 3.8) is 0 Å². The molecule has 1 N–H and O–H groups in total. The third-order valence-corrected chi connectivity index (χ3v) is 3.95. The van der Waals surface area contributed by atoms with Gasteiger partial charge in [0.25, 0.3) is 0 Å². The fourth-order valence-corrected chi connectivity index (χ4v) is 2.92. The zero-order chi connectivity index (χ0) is 13.2. The minimum absolute atomic E-state index is 0.276. The molecule has 2 aliphatic heterocycles. The Balaban J connectivity index is 1.65. The molecule has 2 atom stereocenters. The monoisotopic (exact) mass is 263 g/mol. The second-order valence-electron chi connectivity index (χ2n) is 5.64. The maximum absolute atomic E-state index is 10.4. The molecule has 104 valence electrons. The lowest BCUT2D eigenvalue weighted by molar-refractivity contribution is 0.0874. The van der Waals surface area contributed by atoms with E-state index in [1.54, 1.807) is 0 Å². The number of β-amino-alcohol motifs (C(OH)–C–C–N with tert-alkyl or cyclic N) is 1. The Morgan fingerprint density at radius 3 is 3.05 bits per heavy atom. The first-order valence-electron chi connectivity index (χ1n) is 7.02. The van der Waals surface area contributed by atoms with E-state index in [4.69, 9.17) is 9.47 Å². The van der Waals surface area contributed by atoms with Gasteiger partial charge in [-0.3, -0.25) is 0 Å². The minimum atomic E-state index is -0.459. The normalized spacial score (nSPS) is 24.4. The number of ether oxygens (including phenoxy) is 2. The molecule has 4 nitrogen and oxygen atoms in total. The average Bonchev–Trinajstić information content (AvgIpc) is 2.85. The first kappa shape index (κ1) is 12.8. The second kappa shape index (κ2) is 5.39. The lowest BCUT2D eigenvalue weighted by Gasteiger charge is -2.32. The molecular weight excluding hydrogens is 242 g/mol. The summed E-state index contributed by atoms with van der Waals surface area (Å²) in [6.45, 7) is 5.43. The Morgan fingerprint density at radius 2 is 2.21 bits per heavy atom. The number of fused-ring (bicyclic) bond motifs is 1. The van der Waals surface area contributed by atoms with Gasteiger partial charge in [-0.1, -0.05) is 13.0 Å². The molecule has 0 saturated carbocycles. The van der Waals surface area contributed by atoms with Crippen molar-refractivity contribution < 1.29 is 14.6 Å². The van der Waals surface area contributed by atoms with Gasteiger partial charge in [0, 0.05) is 13.1 Å². The summed E-state index contributed by atoms with van der Waals surface area (Å²) in [6, 6.07) is 5.69. The van der Waals surface area contributed by atoms with E-state index >= 15 is 0 Å². The van der Waals surface area contributed by atoms with E-state index in [9.17, 15) is 5.11 Å². The summed E-state index contributed by atoms with van der Waals surface area (Å²) in [5.41, 5.74) is 0.905. The number of hydrogen-bond donors (Lipinski definition) is 1. The van der Waals surface area contributed by atoms with E-state index in [-0.39, 0.29) is 6.79 Å². The Hall–Kier alpha value is -1.26. The maximum Gasteiger partial charge on any atom is 0.231 e. The number of aliphatic hydroxyl groups excluding tert-OH is 1. The van der Waals surface area contributed by atoms with Gasteiger partial charge in [0.2, 0.25) is 6.79 Å². The van der Waals surface area contributed by atoms with Crippen molar-refractivity contribution in [3.8, 4) is 11.5 Å². The summed E-state index contributed by atoms with van der Waals surface area (Å²) in [5, 5.41) is 10.4. The smallest absolute Gasteiger partial charge is 0.231 e. The maximum atomic E-state index is 10.4. The van der Waals surface area contributed by atoms with Crippen molar-refractivity contribution in [2.24, 2.45) is 5.92 Å². The number of hydrogen-bond acceptors (Lipinski definition) is 4. The Morgan fingerprint density at radius 1 is 1.37 bits per heavy atom.